The number of aliphatic hydroxyl groups is 1. The van der Waals surface area contributed by atoms with Crippen LogP contribution in [-0.2, 0) is 6.54 Å². The van der Waals surface area contributed by atoms with Gasteiger partial charge in [-0.1, -0.05) is 18.2 Å². The molecule has 0 aliphatic carbocycles. The van der Waals surface area contributed by atoms with Crippen molar-refractivity contribution in [2.45, 2.75) is 31.8 Å². The highest BCUT2D eigenvalue weighted by atomic mass is 16.3. The lowest BCUT2D eigenvalue weighted by molar-refractivity contribution is 0.239. The average Bonchev–Trinajstić information content (AvgIpc) is 2.53. The van der Waals surface area contributed by atoms with E-state index in [1.54, 1.807) is 0 Å². The lowest BCUT2D eigenvalue weighted by atomic mass is 10.0. The molecule has 0 bridgehead atoms. The maximum Gasteiger partial charge on any atom is 0.129 e. The van der Waals surface area contributed by atoms with E-state index in [0.717, 1.165) is 41.7 Å². The van der Waals surface area contributed by atoms with E-state index >= 15 is 0 Å². The minimum atomic E-state index is 0.183. The van der Waals surface area contributed by atoms with E-state index in [0.29, 0.717) is 6.54 Å². The first-order valence-electron chi connectivity index (χ1n) is 7.29. The number of para-hydroxylation sites is 1. The van der Waals surface area contributed by atoms with Crippen LogP contribution in [0.3, 0.4) is 0 Å². The Morgan fingerprint density at radius 1 is 1.30 bits per heavy atom. The van der Waals surface area contributed by atoms with Gasteiger partial charge in [-0.2, -0.15) is 0 Å². The molecule has 1 atom stereocenters. The second-order valence-electron chi connectivity index (χ2n) is 5.39. The van der Waals surface area contributed by atoms with Gasteiger partial charge in [0.2, 0.25) is 0 Å². The molecule has 1 aliphatic heterocycles. The summed E-state index contributed by atoms with van der Waals surface area (Å²) in [6.07, 6.45) is 3.37. The van der Waals surface area contributed by atoms with E-state index in [9.17, 15) is 5.11 Å². The van der Waals surface area contributed by atoms with Crippen LogP contribution in [0, 0.1) is 0 Å². The number of pyridine rings is 1. The SMILES string of the molecule is NCc1cc(N2CCCCC2CO)nc2ccccc12. The summed E-state index contributed by atoms with van der Waals surface area (Å²) in [4.78, 5) is 7.00. The molecule has 1 aromatic carbocycles. The standard InChI is InChI=1S/C16H21N3O/c17-10-12-9-16(18-15-7-2-1-6-14(12)15)19-8-4-3-5-13(19)11-20/h1-2,6-7,9,13,20H,3-5,8,10-11,17H2. The fraction of sp³-hybridized carbons (Fsp3) is 0.438. The molecule has 106 valence electrons. The lowest BCUT2D eigenvalue weighted by Crippen LogP contribution is -2.42. The summed E-state index contributed by atoms with van der Waals surface area (Å²) in [7, 11) is 0. The lowest BCUT2D eigenvalue weighted by Gasteiger charge is -2.36. The van der Waals surface area contributed by atoms with Gasteiger partial charge < -0.3 is 15.7 Å². The minimum Gasteiger partial charge on any atom is -0.394 e. The third kappa shape index (κ3) is 2.37. The number of hydrogen-bond acceptors (Lipinski definition) is 4. The van der Waals surface area contributed by atoms with E-state index in [2.05, 4.69) is 17.0 Å². The average molecular weight is 271 g/mol. The summed E-state index contributed by atoms with van der Waals surface area (Å²) < 4.78 is 0. The van der Waals surface area contributed by atoms with E-state index in [1.165, 1.54) is 6.42 Å². The van der Waals surface area contributed by atoms with Gasteiger partial charge in [0, 0.05) is 18.5 Å². The van der Waals surface area contributed by atoms with E-state index in [4.69, 9.17) is 10.7 Å². The first-order chi connectivity index (χ1) is 9.83. The zero-order chi connectivity index (χ0) is 13.9. The van der Waals surface area contributed by atoms with Crippen LogP contribution < -0.4 is 10.6 Å². The van der Waals surface area contributed by atoms with Gasteiger partial charge in [0.15, 0.2) is 0 Å². The Morgan fingerprint density at radius 3 is 2.95 bits per heavy atom. The second-order valence-corrected chi connectivity index (χ2v) is 5.39. The molecule has 3 rings (SSSR count). The maximum atomic E-state index is 9.57. The Labute approximate surface area is 119 Å². The third-order valence-corrected chi connectivity index (χ3v) is 4.14. The van der Waals surface area contributed by atoms with Gasteiger partial charge in [-0.25, -0.2) is 4.98 Å². The summed E-state index contributed by atoms with van der Waals surface area (Å²) in [6.45, 7) is 1.65. The number of anilines is 1. The maximum absolute atomic E-state index is 9.57. The molecule has 1 fully saturated rings. The monoisotopic (exact) mass is 271 g/mol. The van der Waals surface area contributed by atoms with Gasteiger partial charge >= 0.3 is 0 Å². The quantitative estimate of drug-likeness (QED) is 0.897. The predicted molar refractivity (Wildman–Crippen MR) is 81.7 cm³/mol. The molecular formula is C16H21N3O. The predicted octanol–water partition coefficient (Wildman–Crippen LogP) is 2.04. The molecule has 0 amide bonds. The van der Waals surface area contributed by atoms with Crippen molar-refractivity contribution in [1.29, 1.82) is 0 Å². The van der Waals surface area contributed by atoms with E-state index < -0.39 is 0 Å². The molecule has 0 spiro atoms. The Bertz CT molecular complexity index is 599. The van der Waals surface area contributed by atoms with Gasteiger partial charge in [-0.3, -0.25) is 0 Å². The van der Waals surface area contributed by atoms with Gasteiger partial charge in [-0.15, -0.1) is 0 Å². The second kappa shape index (κ2) is 5.77. The highest BCUT2D eigenvalue weighted by molar-refractivity contribution is 5.84. The van der Waals surface area contributed by atoms with Crippen molar-refractivity contribution in [3.63, 3.8) is 0 Å². The van der Waals surface area contributed by atoms with Crippen molar-refractivity contribution in [3.8, 4) is 0 Å². The van der Waals surface area contributed by atoms with Gasteiger partial charge in [0.05, 0.1) is 18.2 Å². The van der Waals surface area contributed by atoms with Gasteiger partial charge in [0.1, 0.15) is 5.82 Å². The number of benzene rings is 1. The van der Waals surface area contributed by atoms with Crippen LogP contribution in [0.25, 0.3) is 10.9 Å². The van der Waals surface area contributed by atoms with Crippen LogP contribution in [0.5, 0.6) is 0 Å². The zero-order valence-corrected chi connectivity index (χ0v) is 11.6. The molecule has 20 heavy (non-hydrogen) atoms. The Morgan fingerprint density at radius 2 is 2.15 bits per heavy atom. The number of fused-ring (bicyclic) bond motifs is 1. The Hall–Kier alpha value is -1.65. The molecule has 1 saturated heterocycles. The largest absolute Gasteiger partial charge is 0.394 e. The first kappa shape index (κ1) is 13.3. The first-order valence-corrected chi connectivity index (χ1v) is 7.29. The van der Waals surface area contributed by atoms with E-state index in [1.807, 2.05) is 18.2 Å². The van der Waals surface area contributed by atoms with Crippen molar-refractivity contribution in [2.75, 3.05) is 18.1 Å². The number of aliphatic hydroxyl groups excluding tert-OH is 1. The van der Waals surface area contributed by atoms with Crippen LogP contribution in [0.4, 0.5) is 5.82 Å². The summed E-state index contributed by atoms with van der Waals surface area (Å²) in [5.74, 6) is 0.947. The summed E-state index contributed by atoms with van der Waals surface area (Å²) in [5, 5.41) is 10.7. The molecule has 4 heteroatoms. The molecule has 1 aromatic heterocycles. The molecule has 1 unspecified atom stereocenters. The topological polar surface area (TPSA) is 62.4 Å². The molecule has 0 saturated carbocycles. The normalized spacial score (nSPS) is 19.5. The summed E-state index contributed by atoms with van der Waals surface area (Å²) >= 11 is 0. The number of nitrogens with zero attached hydrogens (tertiary/aromatic N) is 2. The van der Waals surface area contributed by atoms with Crippen LogP contribution >= 0.6 is 0 Å². The van der Waals surface area contributed by atoms with Crippen LogP contribution in [-0.4, -0.2) is 29.3 Å². The number of aromatic nitrogens is 1. The molecule has 2 aromatic rings. The van der Waals surface area contributed by atoms with Gasteiger partial charge in [-0.05, 0) is 37.0 Å². The molecular weight excluding hydrogens is 250 g/mol. The molecule has 0 radical (unpaired) electrons. The van der Waals surface area contributed by atoms with Crippen molar-refractivity contribution in [1.82, 2.24) is 4.98 Å². The zero-order valence-electron chi connectivity index (χ0n) is 11.6. The fourth-order valence-corrected chi connectivity index (χ4v) is 3.04. The van der Waals surface area contributed by atoms with Crippen molar-refractivity contribution in [3.05, 3.63) is 35.9 Å². The molecule has 4 nitrogen and oxygen atoms in total. The highest BCUT2D eigenvalue weighted by Crippen LogP contribution is 2.27. The Balaban J connectivity index is 2.06. The number of hydrogen-bond donors (Lipinski definition) is 2. The Kier molecular flexibility index (Phi) is 3.85. The number of rotatable bonds is 3. The number of nitrogens with two attached hydrogens (primary N) is 1. The fourth-order valence-electron chi connectivity index (χ4n) is 3.04. The van der Waals surface area contributed by atoms with Crippen molar-refractivity contribution >= 4 is 16.7 Å². The molecule has 3 N–H and O–H groups in total. The van der Waals surface area contributed by atoms with E-state index in [-0.39, 0.29) is 12.6 Å². The third-order valence-electron chi connectivity index (χ3n) is 4.14. The van der Waals surface area contributed by atoms with Crippen LogP contribution in [0.1, 0.15) is 24.8 Å². The van der Waals surface area contributed by atoms with Crippen LogP contribution in [0.15, 0.2) is 30.3 Å². The molecule has 1 aliphatic rings. The smallest absolute Gasteiger partial charge is 0.129 e. The molecule has 2 heterocycles. The van der Waals surface area contributed by atoms with Gasteiger partial charge in [0.25, 0.3) is 0 Å². The van der Waals surface area contributed by atoms with Crippen molar-refractivity contribution < 1.29 is 5.11 Å². The summed E-state index contributed by atoms with van der Waals surface area (Å²) in [6, 6.07) is 10.4. The summed E-state index contributed by atoms with van der Waals surface area (Å²) in [5.41, 5.74) is 7.98. The minimum absolute atomic E-state index is 0.183. The highest BCUT2D eigenvalue weighted by Gasteiger charge is 2.23. The van der Waals surface area contributed by atoms with Crippen molar-refractivity contribution in [2.24, 2.45) is 5.73 Å². The number of piperidine rings is 1. The van der Waals surface area contributed by atoms with Crippen LogP contribution in [0.2, 0.25) is 0 Å².